The molecule has 0 saturated carbocycles. The van der Waals surface area contributed by atoms with Crippen molar-refractivity contribution in [3.05, 3.63) is 318 Å². The summed E-state index contributed by atoms with van der Waals surface area (Å²) in [6.07, 6.45) is 10.4. The molecule has 1 heterocycles. The molecule has 0 amide bonds. The molecule has 0 N–H and O–H groups in total. The third-order valence-electron chi connectivity index (χ3n) is 19.7. The Kier molecular flexibility index (Phi) is 50.3. The molecular formula is C103H144F9N3O2S. The van der Waals surface area contributed by atoms with Crippen molar-refractivity contribution in [2.75, 3.05) is 72.9 Å². The summed E-state index contributed by atoms with van der Waals surface area (Å²) in [4.78, 5) is 6.83. The van der Waals surface area contributed by atoms with Crippen molar-refractivity contribution >= 4 is 9.84 Å². The van der Waals surface area contributed by atoms with Crippen LogP contribution in [0.25, 0.3) is 0 Å². The van der Waals surface area contributed by atoms with Gasteiger partial charge in [0.2, 0.25) is 0 Å². The Morgan fingerprint density at radius 3 is 0.915 bits per heavy atom. The first-order valence-corrected chi connectivity index (χ1v) is 44.4. The molecule has 1 fully saturated rings. The highest BCUT2D eigenvalue weighted by Gasteiger charge is 2.14. The molecule has 15 heteroatoms. The summed E-state index contributed by atoms with van der Waals surface area (Å²) in [5, 5.41) is 0. The van der Waals surface area contributed by atoms with Crippen molar-refractivity contribution in [2.24, 2.45) is 0 Å². The van der Waals surface area contributed by atoms with E-state index in [1.807, 2.05) is 90.1 Å². The second kappa shape index (κ2) is 55.9. The molecule has 0 bridgehead atoms. The normalized spacial score (nSPS) is 11.9. The van der Waals surface area contributed by atoms with Crippen LogP contribution in [0.1, 0.15) is 293 Å². The van der Waals surface area contributed by atoms with Gasteiger partial charge in [-0.25, -0.2) is 47.9 Å². The van der Waals surface area contributed by atoms with E-state index in [1.54, 1.807) is 78.9 Å². The third kappa shape index (κ3) is 47.2. The van der Waals surface area contributed by atoms with Gasteiger partial charge in [0.1, 0.15) is 62.2 Å². The number of hydrogen-bond acceptors (Lipinski definition) is 5. The predicted molar refractivity (Wildman–Crippen MR) is 485 cm³/mol. The standard InChI is InChI=1S/C16H24FN.2C14H22FN.C12H17FO2S.2C10H13F.3C9H11F/c1-13(2)15-10-14(11-16(17)12-15)6-5-9-18-7-3-4-8-18;2*1-11(2)13-8-12(9-14(15)10-13)6-5-7-16(3)4;1-9(2)11-6-10(7-12(13)8-11)4-5-16(3,14)15;2*1-7(2)9-4-8(3)5-10(11)6-9;1-7(2)8-3-5-9(10)6-4-8;1-7(2)8-4-3-5-9(10)6-8;1-7(2)8-5-3-4-6-9(8)10/h10-13H,3-9H2,1-2H3;2*8-11H,5-7H2,1-4H3;6-9H,4-5H2,1-3H3;2*4-7H,1-3H3;3*3-7H,1-2H3. The molecule has 118 heavy (non-hydrogen) atoms. The van der Waals surface area contributed by atoms with E-state index < -0.39 is 9.84 Å². The zero-order valence-electron chi connectivity index (χ0n) is 76.1. The Morgan fingerprint density at radius 2 is 0.627 bits per heavy atom. The van der Waals surface area contributed by atoms with Gasteiger partial charge in [0, 0.05) is 6.26 Å². The maximum atomic E-state index is 13.5. The summed E-state index contributed by atoms with van der Waals surface area (Å²) in [5.41, 5.74) is 15.5. The molecule has 9 aromatic rings. The third-order valence-corrected chi connectivity index (χ3v) is 20.6. The van der Waals surface area contributed by atoms with Crippen LogP contribution in [0.15, 0.2) is 182 Å². The van der Waals surface area contributed by atoms with Gasteiger partial charge >= 0.3 is 0 Å². The molecule has 1 aliphatic rings. The van der Waals surface area contributed by atoms with Crippen LogP contribution in [-0.4, -0.2) is 96.0 Å². The largest absolute Gasteiger partial charge is 0.309 e. The monoisotopic (exact) mass is 1660 g/mol. The number of halogens is 9. The van der Waals surface area contributed by atoms with Crippen LogP contribution < -0.4 is 0 Å². The lowest BCUT2D eigenvalue weighted by molar-refractivity contribution is 0.334. The molecule has 0 aliphatic carbocycles. The Labute approximate surface area is 708 Å². The van der Waals surface area contributed by atoms with Crippen LogP contribution in [0.5, 0.6) is 0 Å². The van der Waals surface area contributed by atoms with E-state index in [9.17, 15) is 47.9 Å². The number of aryl methyl sites for hydroxylation is 6. The Balaban J connectivity index is 0.000000454. The average Bonchev–Trinajstić information content (AvgIpc) is 1.07. The Hall–Kier alpha value is -7.82. The molecule has 10 rings (SSSR count). The molecule has 0 aromatic heterocycles. The lowest BCUT2D eigenvalue weighted by Gasteiger charge is -2.14. The van der Waals surface area contributed by atoms with Gasteiger partial charge in [-0.15, -0.1) is 0 Å². The van der Waals surface area contributed by atoms with E-state index in [4.69, 9.17) is 0 Å². The Morgan fingerprint density at radius 1 is 0.314 bits per heavy atom. The molecule has 0 unspecified atom stereocenters. The van der Waals surface area contributed by atoms with Gasteiger partial charge in [-0.2, -0.15) is 0 Å². The van der Waals surface area contributed by atoms with Gasteiger partial charge in [0.25, 0.3) is 0 Å². The van der Waals surface area contributed by atoms with Crippen molar-refractivity contribution in [3.63, 3.8) is 0 Å². The molecule has 652 valence electrons. The van der Waals surface area contributed by atoms with Crippen LogP contribution in [0.4, 0.5) is 39.5 Å². The van der Waals surface area contributed by atoms with Crippen molar-refractivity contribution in [3.8, 4) is 0 Å². The van der Waals surface area contributed by atoms with E-state index in [0.29, 0.717) is 47.8 Å². The summed E-state index contributed by atoms with van der Waals surface area (Å²) in [7, 11) is 5.25. The minimum atomic E-state index is -2.99. The van der Waals surface area contributed by atoms with Gasteiger partial charge in [0.15, 0.2) is 0 Å². The summed E-state index contributed by atoms with van der Waals surface area (Å²) in [6, 6.07) is 51.7. The number of rotatable bonds is 24. The number of hydrogen-bond donors (Lipinski definition) is 0. The molecule has 5 nitrogen and oxygen atoms in total. The van der Waals surface area contributed by atoms with Crippen molar-refractivity contribution in [2.45, 2.75) is 250 Å². The molecule has 0 radical (unpaired) electrons. The van der Waals surface area contributed by atoms with E-state index in [1.165, 1.54) is 74.1 Å². The van der Waals surface area contributed by atoms with Crippen LogP contribution >= 0.6 is 0 Å². The maximum absolute atomic E-state index is 13.5. The lowest BCUT2D eigenvalue weighted by Crippen LogP contribution is -2.20. The predicted octanol–water partition coefficient (Wildman–Crippen LogP) is 28.8. The van der Waals surface area contributed by atoms with Crippen LogP contribution in [0.3, 0.4) is 0 Å². The smallest absolute Gasteiger partial charge is 0.147 e. The van der Waals surface area contributed by atoms with Gasteiger partial charge in [-0.3, -0.25) is 0 Å². The zero-order valence-corrected chi connectivity index (χ0v) is 76.9. The highest BCUT2D eigenvalue weighted by molar-refractivity contribution is 7.90. The first kappa shape index (κ1) is 106. The fourth-order valence-electron chi connectivity index (χ4n) is 12.5. The Bertz CT molecular complexity index is 4250. The fourth-order valence-corrected chi connectivity index (χ4v) is 13.1. The van der Waals surface area contributed by atoms with E-state index >= 15 is 0 Å². The fraction of sp³-hybridized carbons (Fsp3) is 0.476. The van der Waals surface area contributed by atoms with Crippen molar-refractivity contribution in [1.29, 1.82) is 0 Å². The van der Waals surface area contributed by atoms with Crippen molar-refractivity contribution in [1.82, 2.24) is 14.7 Å². The molecule has 9 aromatic carbocycles. The number of sulfone groups is 1. The van der Waals surface area contributed by atoms with E-state index in [2.05, 4.69) is 158 Å². The van der Waals surface area contributed by atoms with Gasteiger partial charge < -0.3 is 14.7 Å². The minimum absolute atomic E-state index is 0.0635. The highest BCUT2D eigenvalue weighted by Crippen LogP contribution is 2.26. The SMILES string of the molecule is CC(C)c1cc(F)cc(CCCN(C)C)c1.CC(C)c1cc(F)cc(CCCN(C)C)c1.CC(C)c1cc(F)cc(CCCN2CCCC2)c1.CC(C)c1cc(F)cc(CCS(C)(=O)=O)c1.CC(C)c1ccc(F)cc1.CC(C)c1cccc(F)c1.CC(C)c1ccccc1F.Cc1cc(F)cc(C(C)C)c1.Cc1cc(F)cc(C(C)C)c1. The molecule has 1 aliphatic heterocycles. The first-order chi connectivity index (χ1) is 55.2. The van der Waals surface area contributed by atoms with Crippen LogP contribution in [0, 0.1) is 66.2 Å². The molecule has 0 spiro atoms. The second-order valence-electron chi connectivity index (χ2n) is 34.6. The van der Waals surface area contributed by atoms with Crippen molar-refractivity contribution < 1.29 is 47.9 Å². The quantitative estimate of drug-likeness (QED) is 0.0564. The maximum Gasteiger partial charge on any atom is 0.147 e. The average molecular weight is 1660 g/mol. The highest BCUT2D eigenvalue weighted by atomic mass is 32.2. The van der Waals surface area contributed by atoms with E-state index in [-0.39, 0.29) is 69.9 Å². The summed E-state index contributed by atoms with van der Waals surface area (Å²) < 4.78 is 139. The summed E-state index contributed by atoms with van der Waals surface area (Å²) in [6.45, 7) is 46.7. The molecular weight excluding hydrogens is 1510 g/mol. The van der Waals surface area contributed by atoms with Gasteiger partial charge in [0.05, 0.1) is 5.75 Å². The number of benzene rings is 9. The lowest BCUT2D eigenvalue weighted by atomic mass is 9.98. The number of nitrogens with zero attached hydrogens (tertiary/aromatic N) is 3. The van der Waals surface area contributed by atoms with Gasteiger partial charge in [-0.1, -0.05) is 203 Å². The van der Waals surface area contributed by atoms with Crippen LogP contribution in [0.2, 0.25) is 0 Å². The first-order valence-electron chi connectivity index (χ1n) is 42.4. The zero-order chi connectivity index (χ0) is 89.1. The second-order valence-corrected chi connectivity index (χ2v) is 36.8. The topological polar surface area (TPSA) is 43.9 Å². The molecule has 1 saturated heterocycles. The number of likely N-dealkylation sites (tertiary alicyclic amines) is 1. The van der Waals surface area contributed by atoms with Crippen LogP contribution in [-0.2, 0) is 35.5 Å². The van der Waals surface area contributed by atoms with E-state index in [0.717, 1.165) is 136 Å². The van der Waals surface area contributed by atoms with Gasteiger partial charge in [-0.05, 0) is 372 Å². The summed E-state index contributed by atoms with van der Waals surface area (Å²) in [5.74, 6) is 2.22. The molecule has 0 atom stereocenters. The minimum Gasteiger partial charge on any atom is -0.309 e. The summed E-state index contributed by atoms with van der Waals surface area (Å²) >= 11 is 0.